The Labute approximate surface area is 137 Å². The first kappa shape index (κ1) is 15.3. The number of halogens is 2. The third-order valence-corrected chi connectivity index (χ3v) is 4.39. The zero-order valence-corrected chi connectivity index (χ0v) is 13.2. The van der Waals surface area contributed by atoms with Crippen molar-refractivity contribution in [2.75, 3.05) is 37.7 Å². The third-order valence-electron chi connectivity index (χ3n) is 3.66. The molecule has 8 heteroatoms. The lowest BCUT2D eigenvalue weighted by Gasteiger charge is -2.35. The van der Waals surface area contributed by atoms with Gasteiger partial charge >= 0.3 is 0 Å². The van der Waals surface area contributed by atoms with Gasteiger partial charge in [-0.1, -0.05) is 23.2 Å². The van der Waals surface area contributed by atoms with E-state index >= 15 is 0 Å². The Morgan fingerprint density at radius 2 is 1.77 bits per heavy atom. The van der Waals surface area contributed by atoms with E-state index < -0.39 is 6.61 Å². The van der Waals surface area contributed by atoms with E-state index in [-0.39, 0.29) is 5.91 Å². The number of carbonyl (C=O) groups excluding carboxylic acids is 1. The van der Waals surface area contributed by atoms with Crippen LogP contribution in [0.4, 0.5) is 5.82 Å². The van der Waals surface area contributed by atoms with Crippen molar-refractivity contribution in [2.45, 2.75) is 0 Å². The molecule has 0 bridgehead atoms. The zero-order valence-electron chi connectivity index (χ0n) is 11.7. The number of anilines is 1. The summed E-state index contributed by atoms with van der Waals surface area (Å²) in [5.74, 6) is 0.493. The van der Waals surface area contributed by atoms with Gasteiger partial charge in [0.15, 0.2) is 0 Å². The summed E-state index contributed by atoms with van der Waals surface area (Å²) in [5, 5.41) is 9.78. The van der Waals surface area contributed by atoms with E-state index in [0.717, 1.165) is 5.82 Å². The maximum Gasteiger partial charge on any atom is 0.248 e. The minimum Gasteiger partial charge on any atom is -0.387 e. The number of benzene rings is 1. The summed E-state index contributed by atoms with van der Waals surface area (Å²) in [4.78, 5) is 24.1. The van der Waals surface area contributed by atoms with E-state index in [1.807, 2.05) is 0 Å². The highest BCUT2D eigenvalue weighted by Crippen LogP contribution is 2.27. The molecule has 0 unspecified atom stereocenters. The lowest BCUT2D eigenvalue weighted by atomic mass is 10.3. The summed E-state index contributed by atoms with van der Waals surface area (Å²) in [6.07, 6.45) is 1.69. The molecule has 1 N–H and O–H groups in total. The van der Waals surface area contributed by atoms with Crippen LogP contribution in [-0.4, -0.2) is 58.7 Å². The van der Waals surface area contributed by atoms with Gasteiger partial charge in [0.05, 0.1) is 27.3 Å². The predicted molar refractivity (Wildman–Crippen MR) is 85.4 cm³/mol. The van der Waals surface area contributed by atoms with Crippen LogP contribution >= 0.6 is 23.2 Å². The molecule has 1 aliphatic heterocycles. The van der Waals surface area contributed by atoms with Crippen LogP contribution in [0.1, 0.15) is 0 Å². The number of aliphatic hydroxyl groups is 1. The summed E-state index contributed by atoms with van der Waals surface area (Å²) >= 11 is 12.0. The normalized spacial score (nSPS) is 15.4. The van der Waals surface area contributed by atoms with Crippen molar-refractivity contribution in [3.63, 3.8) is 0 Å². The van der Waals surface area contributed by atoms with E-state index in [9.17, 15) is 4.79 Å². The number of nitrogens with zero attached hydrogens (tertiary/aromatic N) is 4. The molecular weight excluding hydrogens is 327 g/mol. The Hall–Kier alpha value is -1.63. The Kier molecular flexibility index (Phi) is 4.33. The van der Waals surface area contributed by atoms with Gasteiger partial charge in [-0.05, 0) is 12.1 Å². The molecule has 0 saturated carbocycles. The topological polar surface area (TPSA) is 69.6 Å². The number of aliphatic hydroxyl groups excluding tert-OH is 1. The molecule has 0 aliphatic carbocycles. The average Bonchev–Trinajstić information content (AvgIpc) is 2.55. The first-order valence-electron chi connectivity index (χ1n) is 6.84. The molecule has 0 radical (unpaired) electrons. The van der Waals surface area contributed by atoms with E-state index in [0.29, 0.717) is 47.3 Å². The fourth-order valence-corrected chi connectivity index (χ4v) is 2.75. The van der Waals surface area contributed by atoms with E-state index in [1.165, 1.54) is 0 Å². The maximum absolute atomic E-state index is 11.5. The van der Waals surface area contributed by atoms with Crippen LogP contribution in [0, 0.1) is 0 Å². The van der Waals surface area contributed by atoms with Crippen LogP contribution in [0.2, 0.25) is 10.0 Å². The summed E-state index contributed by atoms with van der Waals surface area (Å²) in [5.41, 5.74) is 1.37. The number of piperazine rings is 1. The van der Waals surface area contributed by atoms with Crippen molar-refractivity contribution in [1.29, 1.82) is 0 Å². The fraction of sp³-hybridized carbons (Fsp3) is 0.357. The van der Waals surface area contributed by atoms with E-state index in [4.69, 9.17) is 28.3 Å². The number of hydrogen-bond donors (Lipinski definition) is 1. The summed E-state index contributed by atoms with van der Waals surface area (Å²) in [6.45, 7) is 1.95. The SMILES string of the molecule is O=C(CO)N1CCN(c2cnc3cc(Cl)c(Cl)cc3n2)CC1. The highest BCUT2D eigenvalue weighted by atomic mass is 35.5. The van der Waals surface area contributed by atoms with Crippen LogP contribution in [0.5, 0.6) is 0 Å². The molecule has 0 spiro atoms. The quantitative estimate of drug-likeness (QED) is 0.898. The molecular formula is C14H14Cl2N4O2. The first-order chi connectivity index (χ1) is 10.6. The number of fused-ring (bicyclic) bond motifs is 1. The van der Waals surface area contributed by atoms with Crippen LogP contribution in [0.15, 0.2) is 18.3 Å². The second-order valence-electron chi connectivity index (χ2n) is 5.01. The fourth-order valence-electron chi connectivity index (χ4n) is 2.44. The Balaban J connectivity index is 1.80. The van der Waals surface area contributed by atoms with Gasteiger partial charge in [0.2, 0.25) is 5.91 Å². The standard InChI is InChI=1S/C14H14Cl2N4O2/c15-9-5-11-12(6-10(9)16)18-13(7-17-11)19-1-3-20(4-2-19)14(22)8-21/h5-7,21H,1-4,8H2. The second-order valence-corrected chi connectivity index (χ2v) is 5.82. The second kappa shape index (κ2) is 6.24. The predicted octanol–water partition coefficient (Wildman–Crippen LogP) is 1.58. The highest BCUT2D eigenvalue weighted by molar-refractivity contribution is 6.42. The van der Waals surface area contributed by atoms with Crippen molar-refractivity contribution in [1.82, 2.24) is 14.9 Å². The van der Waals surface area contributed by atoms with Gasteiger partial charge in [-0.2, -0.15) is 0 Å². The van der Waals surface area contributed by atoms with Crippen molar-refractivity contribution in [3.05, 3.63) is 28.4 Å². The van der Waals surface area contributed by atoms with E-state index in [2.05, 4.69) is 14.9 Å². The number of rotatable bonds is 2. The molecule has 6 nitrogen and oxygen atoms in total. The van der Waals surface area contributed by atoms with E-state index in [1.54, 1.807) is 23.2 Å². The van der Waals surface area contributed by atoms with Crippen LogP contribution in [0.3, 0.4) is 0 Å². The number of amides is 1. The Bertz CT molecular complexity index is 717. The molecule has 1 aromatic carbocycles. The van der Waals surface area contributed by atoms with Gasteiger partial charge in [-0.25, -0.2) is 4.98 Å². The molecule has 2 aromatic rings. The van der Waals surface area contributed by atoms with Gasteiger partial charge in [0.1, 0.15) is 12.4 Å². The third kappa shape index (κ3) is 2.95. The van der Waals surface area contributed by atoms with Crippen LogP contribution in [0.25, 0.3) is 11.0 Å². The lowest BCUT2D eigenvalue weighted by molar-refractivity contribution is -0.134. The first-order valence-corrected chi connectivity index (χ1v) is 7.59. The number of hydrogen-bond acceptors (Lipinski definition) is 5. The van der Waals surface area contributed by atoms with Crippen molar-refractivity contribution >= 4 is 46.0 Å². The molecule has 1 aliphatic rings. The molecule has 22 heavy (non-hydrogen) atoms. The summed E-state index contributed by atoms with van der Waals surface area (Å²) in [7, 11) is 0. The average molecular weight is 341 g/mol. The Morgan fingerprint density at radius 1 is 1.14 bits per heavy atom. The molecule has 3 rings (SSSR count). The number of carbonyl (C=O) groups is 1. The molecule has 1 aromatic heterocycles. The molecule has 1 saturated heterocycles. The molecule has 0 atom stereocenters. The maximum atomic E-state index is 11.5. The summed E-state index contributed by atoms with van der Waals surface area (Å²) in [6, 6.07) is 3.38. The van der Waals surface area contributed by atoms with Gasteiger partial charge in [-0.15, -0.1) is 0 Å². The monoisotopic (exact) mass is 340 g/mol. The van der Waals surface area contributed by atoms with Gasteiger partial charge in [-0.3, -0.25) is 9.78 Å². The van der Waals surface area contributed by atoms with Crippen LogP contribution in [-0.2, 0) is 4.79 Å². The van der Waals surface area contributed by atoms with Gasteiger partial charge < -0.3 is 14.9 Å². The largest absolute Gasteiger partial charge is 0.387 e. The van der Waals surface area contributed by atoms with Crippen molar-refractivity contribution < 1.29 is 9.90 Å². The van der Waals surface area contributed by atoms with Gasteiger partial charge in [0.25, 0.3) is 0 Å². The van der Waals surface area contributed by atoms with Crippen molar-refractivity contribution in [2.24, 2.45) is 0 Å². The Morgan fingerprint density at radius 3 is 2.41 bits per heavy atom. The minimum absolute atomic E-state index is 0.245. The minimum atomic E-state index is -0.449. The highest BCUT2D eigenvalue weighted by Gasteiger charge is 2.21. The number of aromatic nitrogens is 2. The molecule has 2 heterocycles. The summed E-state index contributed by atoms with van der Waals surface area (Å²) < 4.78 is 0. The molecule has 1 amide bonds. The smallest absolute Gasteiger partial charge is 0.248 e. The lowest BCUT2D eigenvalue weighted by Crippen LogP contribution is -2.49. The zero-order chi connectivity index (χ0) is 15.7. The van der Waals surface area contributed by atoms with Gasteiger partial charge in [0, 0.05) is 26.2 Å². The molecule has 116 valence electrons. The van der Waals surface area contributed by atoms with Crippen molar-refractivity contribution in [3.8, 4) is 0 Å². The molecule has 1 fully saturated rings. The van der Waals surface area contributed by atoms with Crippen LogP contribution < -0.4 is 4.90 Å².